The number of methoxy groups -OCH3 is 1. The summed E-state index contributed by atoms with van der Waals surface area (Å²) in [5, 5.41) is 3.93. The predicted molar refractivity (Wildman–Crippen MR) is 124 cm³/mol. The summed E-state index contributed by atoms with van der Waals surface area (Å²) in [6, 6.07) is 24.9. The van der Waals surface area contributed by atoms with Crippen LogP contribution in [0.5, 0.6) is 5.75 Å². The van der Waals surface area contributed by atoms with E-state index in [1.54, 1.807) is 12.1 Å². The summed E-state index contributed by atoms with van der Waals surface area (Å²) in [7, 11) is -2.39. The van der Waals surface area contributed by atoms with Gasteiger partial charge in [-0.25, -0.2) is 13.8 Å². The summed E-state index contributed by atoms with van der Waals surface area (Å²) in [4.78, 5) is 12.6. The van der Waals surface area contributed by atoms with Crippen LogP contribution in [0.4, 0.5) is 0 Å². The molecule has 0 aliphatic heterocycles. The van der Waals surface area contributed by atoms with Crippen molar-refractivity contribution in [1.82, 2.24) is 9.73 Å². The molecule has 166 valence electrons. The highest BCUT2D eigenvalue weighted by molar-refractivity contribution is 7.89. The Morgan fingerprint density at radius 3 is 2.22 bits per heavy atom. The lowest BCUT2D eigenvalue weighted by atomic mass is 10.1. The van der Waals surface area contributed by atoms with Crippen molar-refractivity contribution < 1.29 is 17.9 Å². The van der Waals surface area contributed by atoms with Crippen LogP contribution in [0.1, 0.15) is 11.1 Å². The molecule has 0 unspecified atom stereocenters. The molecule has 0 atom stereocenters. The number of nitrogens with one attached hydrogen (secondary N) is 1. The Hall–Kier alpha value is -3.49. The smallest absolute Gasteiger partial charge is 0.255 e. The van der Waals surface area contributed by atoms with Crippen molar-refractivity contribution in [3.8, 4) is 5.75 Å². The van der Waals surface area contributed by atoms with E-state index in [-0.39, 0.29) is 18.0 Å². The maximum absolute atomic E-state index is 13.3. The molecule has 0 fully saturated rings. The topological polar surface area (TPSA) is 88.1 Å². The van der Waals surface area contributed by atoms with E-state index >= 15 is 0 Å². The molecule has 0 saturated carbocycles. The van der Waals surface area contributed by atoms with E-state index in [1.807, 2.05) is 60.7 Å². The molecule has 0 heterocycles. The number of nitrogens with zero attached hydrogens (tertiary/aromatic N) is 2. The molecular weight excluding hydrogens is 426 g/mol. The van der Waals surface area contributed by atoms with Gasteiger partial charge in [-0.15, -0.1) is 0 Å². The summed E-state index contributed by atoms with van der Waals surface area (Å²) in [5.74, 6) is 0.0232. The standard InChI is InChI=1S/C24H25N3O4S/c1-31-22-12-14-23(15-13-22)32(29,30)27(17-16-20-8-4-2-5-9-20)19-24(28)26-25-18-21-10-6-3-7-11-21/h2-15,18H,16-17,19H2,1H3,(H,26,28)/b25-18-. The highest BCUT2D eigenvalue weighted by atomic mass is 32.2. The molecule has 0 saturated heterocycles. The molecule has 0 radical (unpaired) electrons. The molecule has 8 heteroatoms. The Morgan fingerprint density at radius 2 is 1.59 bits per heavy atom. The number of hydrogen-bond donors (Lipinski definition) is 1. The number of hydrazone groups is 1. The van der Waals surface area contributed by atoms with Crippen LogP contribution in [0.2, 0.25) is 0 Å². The van der Waals surface area contributed by atoms with E-state index in [4.69, 9.17) is 4.74 Å². The number of sulfonamides is 1. The van der Waals surface area contributed by atoms with E-state index in [2.05, 4.69) is 10.5 Å². The predicted octanol–water partition coefficient (Wildman–Crippen LogP) is 3.08. The Balaban J connectivity index is 1.74. The van der Waals surface area contributed by atoms with Crippen LogP contribution in [-0.2, 0) is 21.2 Å². The number of hydrogen-bond acceptors (Lipinski definition) is 5. The second-order valence-electron chi connectivity index (χ2n) is 6.95. The van der Waals surface area contributed by atoms with E-state index in [0.717, 1.165) is 15.4 Å². The van der Waals surface area contributed by atoms with Crippen molar-refractivity contribution >= 4 is 22.1 Å². The normalized spacial score (nSPS) is 11.6. The molecule has 7 nitrogen and oxygen atoms in total. The van der Waals surface area contributed by atoms with E-state index in [0.29, 0.717) is 12.2 Å². The maximum Gasteiger partial charge on any atom is 0.255 e. The lowest BCUT2D eigenvalue weighted by molar-refractivity contribution is -0.121. The lowest BCUT2D eigenvalue weighted by Crippen LogP contribution is -2.40. The Labute approximate surface area is 188 Å². The van der Waals surface area contributed by atoms with Crippen LogP contribution >= 0.6 is 0 Å². The number of amides is 1. The fraction of sp³-hybridized carbons (Fsp3) is 0.167. The molecule has 0 bridgehead atoms. The van der Waals surface area contributed by atoms with Crippen molar-refractivity contribution in [3.05, 3.63) is 96.1 Å². The molecule has 0 aliphatic carbocycles. The van der Waals surface area contributed by atoms with Gasteiger partial charge in [-0.3, -0.25) is 4.79 Å². The summed E-state index contributed by atoms with van der Waals surface area (Å²) in [6.45, 7) is -0.207. The zero-order chi connectivity index (χ0) is 22.8. The Morgan fingerprint density at radius 1 is 0.969 bits per heavy atom. The largest absolute Gasteiger partial charge is 0.497 e. The average molecular weight is 452 g/mol. The summed E-state index contributed by atoms with van der Waals surface area (Å²) in [6.07, 6.45) is 1.97. The van der Waals surface area contributed by atoms with Crippen molar-refractivity contribution in [2.75, 3.05) is 20.2 Å². The molecular formula is C24H25N3O4S. The third-order valence-corrected chi connectivity index (χ3v) is 6.57. The van der Waals surface area contributed by atoms with Crippen molar-refractivity contribution in [2.24, 2.45) is 5.10 Å². The van der Waals surface area contributed by atoms with Gasteiger partial charge in [0.1, 0.15) is 5.75 Å². The van der Waals surface area contributed by atoms with Gasteiger partial charge < -0.3 is 4.74 Å². The van der Waals surface area contributed by atoms with Crippen LogP contribution in [0.25, 0.3) is 0 Å². The average Bonchev–Trinajstić information content (AvgIpc) is 2.83. The molecule has 32 heavy (non-hydrogen) atoms. The van der Waals surface area contributed by atoms with E-state index in [1.165, 1.54) is 25.5 Å². The van der Waals surface area contributed by atoms with Gasteiger partial charge in [0.05, 0.1) is 24.8 Å². The summed E-state index contributed by atoms with van der Waals surface area (Å²) in [5.41, 5.74) is 4.20. The number of benzene rings is 3. The van der Waals surface area contributed by atoms with Gasteiger partial charge in [0.15, 0.2) is 0 Å². The second-order valence-corrected chi connectivity index (χ2v) is 8.89. The van der Waals surface area contributed by atoms with Gasteiger partial charge in [-0.2, -0.15) is 9.41 Å². The van der Waals surface area contributed by atoms with Crippen LogP contribution in [0.15, 0.2) is 94.9 Å². The van der Waals surface area contributed by atoms with Gasteiger partial charge in [-0.05, 0) is 41.8 Å². The molecule has 0 aliphatic rings. The van der Waals surface area contributed by atoms with Crippen LogP contribution in [0.3, 0.4) is 0 Å². The van der Waals surface area contributed by atoms with Crippen molar-refractivity contribution in [2.45, 2.75) is 11.3 Å². The van der Waals surface area contributed by atoms with Gasteiger partial charge in [0.25, 0.3) is 5.91 Å². The van der Waals surface area contributed by atoms with Crippen molar-refractivity contribution in [1.29, 1.82) is 0 Å². The monoisotopic (exact) mass is 451 g/mol. The summed E-state index contributed by atoms with van der Waals surface area (Å²) < 4.78 is 32.8. The fourth-order valence-electron chi connectivity index (χ4n) is 2.99. The van der Waals surface area contributed by atoms with Gasteiger partial charge >= 0.3 is 0 Å². The Kier molecular flexibility index (Phi) is 8.13. The molecule has 3 aromatic rings. The van der Waals surface area contributed by atoms with Gasteiger partial charge in [-0.1, -0.05) is 60.7 Å². The molecule has 0 aromatic heterocycles. The number of carbonyl (C=O) groups excluding carboxylic acids is 1. The fourth-order valence-corrected chi connectivity index (χ4v) is 4.39. The highest BCUT2D eigenvalue weighted by Crippen LogP contribution is 2.20. The van der Waals surface area contributed by atoms with Crippen LogP contribution in [0, 0.1) is 0 Å². The minimum Gasteiger partial charge on any atom is -0.497 e. The first-order chi connectivity index (χ1) is 15.5. The molecule has 3 aromatic carbocycles. The maximum atomic E-state index is 13.3. The third kappa shape index (κ3) is 6.50. The molecule has 1 amide bonds. The first-order valence-electron chi connectivity index (χ1n) is 10.0. The van der Waals surface area contributed by atoms with Crippen molar-refractivity contribution in [3.63, 3.8) is 0 Å². The first-order valence-corrected chi connectivity index (χ1v) is 11.5. The minimum atomic E-state index is -3.90. The Bertz CT molecular complexity index is 1130. The molecule has 3 rings (SSSR count). The first kappa shape index (κ1) is 23.2. The highest BCUT2D eigenvalue weighted by Gasteiger charge is 2.26. The zero-order valence-electron chi connectivity index (χ0n) is 17.7. The number of ether oxygens (including phenoxy) is 1. The minimum absolute atomic E-state index is 0.0898. The molecule has 0 spiro atoms. The van der Waals surface area contributed by atoms with Crippen LogP contribution < -0.4 is 10.2 Å². The third-order valence-electron chi connectivity index (χ3n) is 4.71. The lowest BCUT2D eigenvalue weighted by Gasteiger charge is -2.21. The number of carbonyl (C=O) groups is 1. The quantitative estimate of drug-likeness (QED) is 0.379. The van der Waals surface area contributed by atoms with Crippen LogP contribution in [-0.4, -0.2) is 45.0 Å². The van der Waals surface area contributed by atoms with E-state index in [9.17, 15) is 13.2 Å². The van der Waals surface area contributed by atoms with E-state index < -0.39 is 15.9 Å². The van der Waals surface area contributed by atoms with Gasteiger partial charge in [0.2, 0.25) is 10.0 Å². The van der Waals surface area contributed by atoms with Gasteiger partial charge in [0, 0.05) is 6.54 Å². The zero-order valence-corrected chi connectivity index (χ0v) is 18.5. The summed E-state index contributed by atoms with van der Waals surface area (Å²) >= 11 is 0. The SMILES string of the molecule is COc1ccc(S(=O)(=O)N(CCc2ccccc2)CC(=O)N/N=C\c2ccccc2)cc1. The second kappa shape index (κ2) is 11.2. The number of rotatable bonds is 10. The molecule has 1 N–H and O–H groups in total.